The minimum atomic E-state index is -0.184. The van der Waals surface area contributed by atoms with Gasteiger partial charge in [-0.05, 0) is 38.0 Å². The van der Waals surface area contributed by atoms with Gasteiger partial charge >= 0.3 is 0 Å². The van der Waals surface area contributed by atoms with E-state index < -0.39 is 0 Å². The molecule has 1 heteroatoms. The van der Waals surface area contributed by atoms with Crippen LogP contribution in [0.25, 0.3) is 0 Å². The van der Waals surface area contributed by atoms with Crippen molar-refractivity contribution in [2.24, 2.45) is 0 Å². The van der Waals surface area contributed by atoms with Gasteiger partial charge in [0.1, 0.15) is 0 Å². The standard InChI is InChI=1S/C12H13Br/c1-5-12(3,4)10-7-6-9(2)11(13)8-10/h1,6-8H,2-4H3. The maximum absolute atomic E-state index is 5.46. The SMILES string of the molecule is C#CC(C)(C)c1ccc(C)c(Br)c1. The van der Waals surface area contributed by atoms with Crippen molar-refractivity contribution in [3.63, 3.8) is 0 Å². The summed E-state index contributed by atoms with van der Waals surface area (Å²) in [5.41, 5.74) is 2.22. The highest BCUT2D eigenvalue weighted by Crippen LogP contribution is 2.26. The second-order valence-electron chi connectivity index (χ2n) is 3.73. The Hall–Kier alpha value is -0.740. The van der Waals surface area contributed by atoms with E-state index in [9.17, 15) is 0 Å². The highest BCUT2D eigenvalue weighted by molar-refractivity contribution is 9.10. The van der Waals surface area contributed by atoms with Crippen LogP contribution in [-0.2, 0) is 5.41 Å². The zero-order chi connectivity index (χ0) is 10.1. The molecular weight excluding hydrogens is 224 g/mol. The lowest BCUT2D eigenvalue weighted by molar-refractivity contribution is 0.698. The van der Waals surface area contributed by atoms with Crippen molar-refractivity contribution in [3.8, 4) is 12.3 Å². The van der Waals surface area contributed by atoms with Crippen LogP contribution < -0.4 is 0 Å². The van der Waals surface area contributed by atoms with E-state index in [1.54, 1.807) is 0 Å². The van der Waals surface area contributed by atoms with E-state index in [0.717, 1.165) is 4.47 Å². The molecule has 0 aliphatic heterocycles. The third kappa shape index (κ3) is 2.14. The van der Waals surface area contributed by atoms with Crippen LogP contribution in [0.3, 0.4) is 0 Å². The number of terminal acetylenes is 1. The first-order valence-electron chi connectivity index (χ1n) is 4.22. The van der Waals surface area contributed by atoms with Gasteiger partial charge in [-0.15, -0.1) is 6.42 Å². The summed E-state index contributed by atoms with van der Waals surface area (Å²) < 4.78 is 1.12. The molecule has 0 aliphatic carbocycles. The van der Waals surface area contributed by atoms with Gasteiger partial charge in [0.05, 0.1) is 5.41 Å². The Balaban J connectivity index is 3.20. The van der Waals surface area contributed by atoms with E-state index in [1.165, 1.54) is 11.1 Å². The van der Waals surface area contributed by atoms with E-state index in [2.05, 4.69) is 47.0 Å². The van der Waals surface area contributed by atoms with Gasteiger partial charge in [0.2, 0.25) is 0 Å². The van der Waals surface area contributed by atoms with Crippen molar-refractivity contribution in [3.05, 3.63) is 33.8 Å². The van der Waals surface area contributed by atoms with Gasteiger partial charge in [0.15, 0.2) is 0 Å². The van der Waals surface area contributed by atoms with Gasteiger partial charge in [-0.2, -0.15) is 0 Å². The summed E-state index contributed by atoms with van der Waals surface area (Å²) in [4.78, 5) is 0. The number of aryl methyl sites for hydroxylation is 1. The maximum atomic E-state index is 5.46. The molecule has 0 nitrogen and oxygen atoms in total. The molecule has 1 aromatic carbocycles. The van der Waals surface area contributed by atoms with E-state index in [-0.39, 0.29) is 5.41 Å². The summed E-state index contributed by atoms with van der Waals surface area (Å²) in [5.74, 6) is 2.78. The van der Waals surface area contributed by atoms with Crippen molar-refractivity contribution in [1.29, 1.82) is 0 Å². The fraction of sp³-hybridized carbons (Fsp3) is 0.333. The first-order valence-corrected chi connectivity index (χ1v) is 5.01. The summed E-state index contributed by atoms with van der Waals surface area (Å²) in [6, 6.07) is 6.26. The molecule has 68 valence electrons. The summed E-state index contributed by atoms with van der Waals surface area (Å²) in [6.45, 7) is 6.16. The molecule has 1 rings (SSSR count). The van der Waals surface area contributed by atoms with E-state index in [1.807, 2.05) is 13.8 Å². The molecule has 13 heavy (non-hydrogen) atoms. The zero-order valence-corrected chi connectivity index (χ0v) is 9.77. The lowest BCUT2D eigenvalue weighted by Crippen LogP contribution is -2.13. The van der Waals surface area contributed by atoms with Crippen LogP contribution in [0.15, 0.2) is 22.7 Å². The minimum Gasteiger partial charge on any atom is -0.119 e. The predicted octanol–water partition coefficient (Wildman–Crippen LogP) is 3.67. The number of rotatable bonds is 1. The molecule has 0 saturated heterocycles. The molecule has 0 saturated carbocycles. The molecular formula is C12H13Br. The normalized spacial score (nSPS) is 11.0. The Morgan fingerprint density at radius 3 is 2.46 bits per heavy atom. The Labute approximate surface area is 88.5 Å². The molecule has 0 bridgehead atoms. The number of benzene rings is 1. The molecule has 1 aromatic rings. The van der Waals surface area contributed by atoms with Gasteiger partial charge < -0.3 is 0 Å². The van der Waals surface area contributed by atoms with Crippen LogP contribution >= 0.6 is 15.9 Å². The number of hydrogen-bond donors (Lipinski definition) is 0. The van der Waals surface area contributed by atoms with Crippen molar-refractivity contribution in [1.82, 2.24) is 0 Å². The average Bonchev–Trinajstić information content (AvgIpc) is 2.09. The van der Waals surface area contributed by atoms with E-state index in [0.29, 0.717) is 0 Å². The quantitative estimate of drug-likeness (QED) is 0.654. The first-order chi connectivity index (χ1) is 5.97. The average molecular weight is 237 g/mol. The minimum absolute atomic E-state index is 0.184. The monoisotopic (exact) mass is 236 g/mol. The van der Waals surface area contributed by atoms with Gasteiger partial charge in [-0.25, -0.2) is 0 Å². The lowest BCUT2D eigenvalue weighted by atomic mass is 9.85. The summed E-state index contributed by atoms with van der Waals surface area (Å²) >= 11 is 3.50. The van der Waals surface area contributed by atoms with Gasteiger partial charge in [0, 0.05) is 4.47 Å². The summed E-state index contributed by atoms with van der Waals surface area (Å²) in [6.07, 6.45) is 5.46. The molecule has 0 spiro atoms. The van der Waals surface area contributed by atoms with E-state index in [4.69, 9.17) is 6.42 Å². The summed E-state index contributed by atoms with van der Waals surface area (Å²) in [7, 11) is 0. The second kappa shape index (κ2) is 3.55. The third-order valence-electron chi connectivity index (χ3n) is 2.25. The lowest BCUT2D eigenvalue weighted by Gasteiger charge is -2.18. The molecule has 0 unspecified atom stereocenters. The van der Waals surface area contributed by atoms with Gasteiger partial charge in [-0.1, -0.05) is 34.0 Å². The van der Waals surface area contributed by atoms with Crippen LogP contribution in [0.4, 0.5) is 0 Å². The third-order valence-corrected chi connectivity index (χ3v) is 3.11. The molecule has 0 aromatic heterocycles. The van der Waals surface area contributed by atoms with Crippen LogP contribution in [0, 0.1) is 19.3 Å². The molecule has 0 heterocycles. The molecule has 0 fully saturated rings. The fourth-order valence-electron chi connectivity index (χ4n) is 1.06. The molecule has 0 amide bonds. The highest BCUT2D eigenvalue weighted by Gasteiger charge is 2.17. The molecule has 0 N–H and O–H groups in total. The number of hydrogen-bond acceptors (Lipinski definition) is 0. The Morgan fingerprint density at radius 2 is 2.00 bits per heavy atom. The Kier molecular flexibility index (Phi) is 2.83. The fourth-order valence-corrected chi connectivity index (χ4v) is 1.44. The first kappa shape index (κ1) is 10.3. The molecule has 0 radical (unpaired) electrons. The second-order valence-corrected chi connectivity index (χ2v) is 4.59. The smallest absolute Gasteiger partial charge is 0.0504 e. The van der Waals surface area contributed by atoms with Crippen LogP contribution in [-0.4, -0.2) is 0 Å². The predicted molar refractivity (Wildman–Crippen MR) is 60.7 cm³/mol. The zero-order valence-electron chi connectivity index (χ0n) is 8.19. The Bertz CT molecular complexity index is 356. The van der Waals surface area contributed by atoms with Crippen molar-refractivity contribution >= 4 is 15.9 Å². The number of halogens is 1. The van der Waals surface area contributed by atoms with E-state index >= 15 is 0 Å². The Morgan fingerprint density at radius 1 is 1.38 bits per heavy atom. The molecule has 0 aliphatic rings. The van der Waals surface area contributed by atoms with Gasteiger partial charge in [-0.3, -0.25) is 0 Å². The van der Waals surface area contributed by atoms with Crippen LogP contribution in [0.2, 0.25) is 0 Å². The van der Waals surface area contributed by atoms with Crippen molar-refractivity contribution < 1.29 is 0 Å². The van der Waals surface area contributed by atoms with Crippen LogP contribution in [0.5, 0.6) is 0 Å². The molecule has 0 atom stereocenters. The maximum Gasteiger partial charge on any atom is 0.0504 e. The van der Waals surface area contributed by atoms with Gasteiger partial charge in [0.25, 0.3) is 0 Å². The topological polar surface area (TPSA) is 0 Å². The summed E-state index contributed by atoms with van der Waals surface area (Å²) in [5, 5.41) is 0. The largest absolute Gasteiger partial charge is 0.119 e. The highest BCUT2D eigenvalue weighted by atomic mass is 79.9. The van der Waals surface area contributed by atoms with Crippen molar-refractivity contribution in [2.75, 3.05) is 0 Å². The van der Waals surface area contributed by atoms with Crippen LogP contribution in [0.1, 0.15) is 25.0 Å². The van der Waals surface area contributed by atoms with Crippen molar-refractivity contribution in [2.45, 2.75) is 26.2 Å².